The lowest BCUT2D eigenvalue weighted by molar-refractivity contribution is 0.273. The fourth-order valence-electron chi connectivity index (χ4n) is 3.40. The van der Waals surface area contributed by atoms with E-state index in [2.05, 4.69) is 44.6 Å². The van der Waals surface area contributed by atoms with Gasteiger partial charge in [0.25, 0.3) is 0 Å². The Labute approximate surface area is 115 Å². The summed E-state index contributed by atoms with van der Waals surface area (Å²) in [7, 11) is 0. The molecule has 0 radical (unpaired) electrons. The Bertz CT molecular complexity index is 434. The van der Waals surface area contributed by atoms with Gasteiger partial charge in [0.15, 0.2) is 0 Å². The van der Waals surface area contributed by atoms with E-state index in [1.54, 1.807) is 0 Å². The third-order valence-electron chi connectivity index (χ3n) is 4.04. The monoisotopic (exact) mass is 266 g/mol. The van der Waals surface area contributed by atoms with Crippen molar-refractivity contribution in [1.82, 2.24) is 4.57 Å². The molecule has 0 amide bonds. The molecule has 0 bridgehead atoms. The lowest BCUT2D eigenvalue weighted by Crippen LogP contribution is -2.31. The number of hydrogen-bond donors (Lipinski definition) is 1. The number of rotatable bonds is 3. The van der Waals surface area contributed by atoms with Crippen LogP contribution in [0, 0.1) is 12.3 Å². The first-order valence-electron chi connectivity index (χ1n) is 6.81. The van der Waals surface area contributed by atoms with E-state index in [1.807, 2.05) is 11.8 Å². The number of nitrogens with zero attached hydrogens (tertiary/aromatic N) is 1. The third kappa shape index (κ3) is 2.48. The van der Waals surface area contributed by atoms with Gasteiger partial charge in [-0.3, -0.25) is 0 Å². The van der Waals surface area contributed by atoms with E-state index in [4.69, 9.17) is 5.73 Å². The summed E-state index contributed by atoms with van der Waals surface area (Å²) >= 11 is 1.92. The third-order valence-corrected chi connectivity index (χ3v) is 4.85. The van der Waals surface area contributed by atoms with Crippen LogP contribution in [0.2, 0.25) is 0 Å². The molecule has 0 aliphatic heterocycles. The molecule has 1 heterocycles. The van der Waals surface area contributed by atoms with Gasteiger partial charge in [-0.25, -0.2) is 0 Å². The summed E-state index contributed by atoms with van der Waals surface area (Å²) in [4.78, 5) is 0. The van der Waals surface area contributed by atoms with Crippen molar-refractivity contribution < 1.29 is 0 Å². The second-order valence-corrected chi connectivity index (χ2v) is 7.42. The van der Waals surface area contributed by atoms with Crippen LogP contribution in [0.4, 0.5) is 0 Å². The van der Waals surface area contributed by atoms with Gasteiger partial charge in [0.2, 0.25) is 0 Å². The normalized spacial score (nSPS) is 23.8. The maximum absolute atomic E-state index is 6.36. The van der Waals surface area contributed by atoms with E-state index in [-0.39, 0.29) is 6.04 Å². The zero-order chi connectivity index (χ0) is 13.5. The van der Waals surface area contributed by atoms with Gasteiger partial charge in [0, 0.05) is 29.2 Å². The van der Waals surface area contributed by atoms with Crippen LogP contribution in [-0.2, 0) is 6.42 Å². The van der Waals surface area contributed by atoms with Crippen LogP contribution in [0.25, 0.3) is 0 Å². The Hall–Kier alpha value is -0.410. The maximum Gasteiger partial charge on any atom is 0.0398 e. The molecule has 0 spiro atoms. The Kier molecular flexibility index (Phi) is 3.84. The van der Waals surface area contributed by atoms with E-state index >= 15 is 0 Å². The first-order valence-corrected chi connectivity index (χ1v) is 8.20. The van der Waals surface area contributed by atoms with Crippen LogP contribution >= 0.6 is 11.8 Å². The lowest BCUT2D eigenvalue weighted by Gasteiger charge is -2.35. The quantitative estimate of drug-likeness (QED) is 0.904. The Morgan fingerprint density at radius 2 is 2.22 bits per heavy atom. The van der Waals surface area contributed by atoms with Crippen LogP contribution in [0.1, 0.15) is 56.2 Å². The van der Waals surface area contributed by atoms with Crippen LogP contribution in [-0.4, -0.2) is 16.6 Å². The summed E-state index contributed by atoms with van der Waals surface area (Å²) in [5.74, 6) is 1.16. The van der Waals surface area contributed by atoms with E-state index in [1.165, 1.54) is 17.0 Å². The van der Waals surface area contributed by atoms with Gasteiger partial charge in [-0.15, -0.1) is 0 Å². The fourth-order valence-corrected chi connectivity index (χ4v) is 4.03. The number of thioether (sulfide) groups is 1. The highest BCUT2D eigenvalue weighted by Crippen LogP contribution is 2.41. The Balaban J connectivity index is 2.44. The number of aromatic nitrogens is 1. The molecule has 102 valence electrons. The average molecular weight is 266 g/mol. The van der Waals surface area contributed by atoms with Gasteiger partial charge in [-0.1, -0.05) is 13.8 Å². The van der Waals surface area contributed by atoms with E-state index < -0.39 is 0 Å². The first kappa shape index (κ1) is 14.0. The van der Waals surface area contributed by atoms with Crippen LogP contribution in [0.5, 0.6) is 0 Å². The standard InChI is InChI=1S/C15H26N2S/c1-10-6-12-13(16)7-15(3,4)8-14(12)17(10)11(2)9-18-5/h6,11,13H,7-9,16H2,1-5H3. The van der Waals surface area contributed by atoms with E-state index in [0.29, 0.717) is 11.5 Å². The molecule has 2 atom stereocenters. The molecule has 18 heavy (non-hydrogen) atoms. The maximum atomic E-state index is 6.36. The van der Waals surface area contributed by atoms with Crippen molar-refractivity contribution in [3.8, 4) is 0 Å². The van der Waals surface area contributed by atoms with E-state index in [9.17, 15) is 0 Å². The van der Waals surface area contributed by atoms with Crippen LogP contribution in [0.3, 0.4) is 0 Å². The molecule has 0 aromatic carbocycles. The van der Waals surface area contributed by atoms with Crippen molar-refractivity contribution in [2.75, 3.05) is 12.0 Å². The molecule has 2 rings (SSSR count). The summed E-state index contributed by atoms with van der Waals surface area (Å²) in [6.45, 7) is 9.20. The largest absolute Gasteiger partial charge is 0.345 e. The zero-order valence-corrected chi connectivity index (χ0v) is 13.1. The molecule has 2 unspecified atom stereocenters. The SMILES string of the molecule is CSCC(C)n1c(C)cc2c1CC(C)(C)CC2N. The molecule has 1 aliphatic carbocycles. The molecular formula is C15H26N2S. The molecule has 1 aliphatic rings. The highest BCUT2D eigenvalue weighted by atomic mass is 32.2. The Morgan fingerprint density at radius 1 is 1.56 bits per heavy atom. The number of hydrogen-bond acceptors (Lipinski definition) is 2. The lowest BCUT2D eigenvalue weighted by atomic mass is 9.74. The van der Waals surface area contributed by atoms with Gasteiger partial charge in [-0.2, -0.15) is 11.8 Å². The number of aryl methyl sites for hydroxylation is 1. The van der Waals surface area contributed by atoms with Crippen molar-refractivity contribution in [3.05, 3.63) is 23.0 Å². The van der Waals surface area contributed by atoms with Gasteiger partial charge in [0.1, 0.15) is 0 Å². The summed E-state index contributed by atoms with van der Waals surface area (Å²) in [6, 6.07) is 3.08. The first-order chi connectivity index (χ1) is 8.35. The van der Waals surface area contributed by atoms with Crippen molar-refractivity contribution in [3.63, 3.8) is 0 Å². The molecule has 0 fully saturated rings. The Morgan fingerprint density at radius 3 is 2.83 bits per heavy atom. The summed E-state index contributed by atoms with van der Waals surface area (Å²) in [6.07, 6.45) is 4.43. The van der Waals surface area contributed by atoms with Crippen LogP contribution < -0.4 is 5.73 Å². The van der Waals surface area contributed by atoms with Gasteiger partial charge in [-0.05, 0) is 50.0 Å². The second kappa shape index (κ2) is 4.93. The van der Waals surface area contributed by atoms with Gasteiger partial charge < -0.3 is 10.3 Å². The van der Waals surface area contributed by atoms with Crippen molar-refractivity contribution in [1.29, 1.82) is 0 Å². The van der Waals surface area contributed by atoms with Gasteiger partial charge >= 0.3 is 0 Å². The zero-order valence-electron chi connectivity index (χ0n) is 12.3. The molecule has 0 saturated carbocycles. The molecule has 3 heteroatoms. The molecule has 1 aromatic heterocycles. The highest BCUT2D eigenvalue weighted by molar-refractivity contribution is 7.98. The molecule has 1 aromatic rings. The van der Waals surface area contributed by atoms with Crippen LogP contribution in [0.15, 0.2) is 6.07 Å². The summed E-state index contributed by atoms with van der Waals surface area (Å²) in [5.41, 5.74) is 10.9. The molecule has 2 nitrogen and oxygen atoms in total. The van der Waals surface area contributed by atoms with Crippen molar-refractivity contribution >= 4 is 11.8 Å². The average Bonchev–Trinajstić information content (AvgIpc) is 2.53. The minimum Gasteiger partial charge on any atom is -0.345 e. The fraction of sp³-hybridized carbons (Fsp3) is 0.733. The topological polar surface area (TPSA) is 30.9 Å². The minimum atomic E-state index is 0.213. The number of nitrogens with two attached hydrogens (primary N) is 1. The highest BCUT2D eigenvalue weighted by Gasteiger charge is 2.33. The number of fused-ring (bicyclic) bond motifs is 1. The van der Waals surface area contributed by atoms with E-state index in [0.717, 1.165) is 18.6 Å². The molecule has 0 saturated heterocycles. The summed E-state index contributed by atoms with van der Waals surface area (Å²) < 4.78 is 2.52. The molecule has 2 N–H and O–H groups in total. The predicted molar refractivity (Wildman–Crippen MR) is 81.3 cm³/mol. The van der Waals surface area contributed by atoms with Crippen molar-refractivity contribution in [2.24, 2.45) is 11.1 Å². The van der Waals surface area contributed by atoms with Crippen molar-refractivity contribution in [2.45, 2.75) is 52.6 Å². The van der Waals surface area contributed by atoms with Gasteiger partial charge in [0.05, 0.1) is 0 Å². The molecular weight excluding hydrogens is 240 g/mol. The predicted octanol–water partition coefficient (Wildman–Crippen LogP) is 3.69. The smallest absolute Gasteiger partial charge is 0.0398 e. The summed E-state index contributed by atoms with van der Waals surface area (Å²) in [5, 5.41) is 0. The second-order valence-electron chi connectivity index (χ2n) is 6.51. The minimum absolute atomic E-state index is 0.213.